The van der Waals surface area contributed by atoms with Crippen molar-refractivity contribution in [3.63, 3.8) is 0 Å². The van der Waals surface area contributed by atoms with Crippen molar-refractivity contribution in [3.8, 4) is 0 Å². The first-order chi connectivity index (χ1) is 9.97. The molecule has 0 saturated heterocycles. The molecule has 1 N–H and O–H groups in total. The van der Waals surface area contributed by atoms with Crippen molar-refractivity contribution in [2.45, 2.75) is 66.0 Å². The topological polar surface area (TPSA) is 28.2 Å². The van der Waals surface area contributed by atoms with Crippen molar-refractivity contribution in [1.29, 1.82) is 0 Å². The Morgan fingerprint density at radius 2 is 1.95 bits per heavy atom. The second-order valence-electron chi connectivity index (χ2n) is 7.05. The Morgan fingerprint density at radius 1 is 1.29 bits per heavy atom. The van der Waals surface area contributed by atoms with Gasteiger partial charge in [-0.15, -0.1) is 11.3 Å². The molecule has 21 heavy (non-hydrogen) atoms. The molecule has 2 rings (SSSR count). The Kier molecular flexibility index (Phi) is 6.06. The fourth-order valence-electron chi connectivity index (χ4n) is 2.99. The zero-order chi connectivity index (χ0) is 15.4. The van der Waals surface area contributed by atoms with Gasteiger partial charge in [-0.05, 0) is 51.0 Å². The lowest BCUT2D eigenvalue weighted by Crippen LogP contribution is -2.34. The largest absolute Gasteiger partial charge is 0.348 e. The van der Waals surface area contributed by atoms with E-state index in [1.165, 1.54) is 41.4 Å². The summed E-state index contributed by atoms with van der Waals surface area (Å²) in [5.74, 6) is 1.60. The summed E-state index contributed by atoms with van der Waals surface area (Å²) < 4.78 is 0. The van der Waals surface area contributed by atoms with E-state index < -0.39 is 0 Å². The van der Waals surface area contributed by atoms with Gasteiger partial charge in [-0.2, -0.15) is 0 Å². The first-order valence-corrected chi connectivity index (χ1v) is 9.18. The third kappa shape index (κ3) is 4.68. The third-order valence-corrected chi connectivity index (χ3v) is 5.80. The molecule has 1 aromatic rings. The summed E-state index contributed by atoms with van der Waals surface area (Å²) in [5, 5.41) is 4.73. The van der Waals surface area contributed by atoms with Crippen LogP contribution in [0.15, 0.2) is 0 Å². The van der Waals surface area contributed by atoms with Gasteiger partial charge in [0.1, 0.15) is 0 Å². The molecular formula is C17H31N3S. The predicted octanol–water partition coefficient (Wildman–Crippen LogP) is 4.21. The smallest absolute Gasteiger partial charge is 0.185 e. The predicted molar refractivity (Wildman–Crippen MR) is 93.2 cm³/mol. The van der Waals surface area contributed by atoms with Crippen molar-refractivity contribution in [2.24, 2.45) is 11.8 Å². The van der Waals surface area contributed by atoms with Gasteiger partial charge in [0.2, 0.25) is 0 Å². The molecule has 1 aliphatic carbocycles. The van der Waals surface area contributed by atoms with Crippen molar-refractivity contribution in [2.75, 3.05) is 18.5 Å². The maximum atomic E-state index is 4.81. The molecule has 0 atom stereocenters. The number of rotatable bonds is 6. The van der Waals surface area contributed by atoms with Crippen LogP contribution in [0.25, 0.3) is 0 Å². The highest BCUT2D eigenvalue weighted by molar-refractivity contribution is 7.15. The molecule has 0 bridgehead atoms. The second kappa shape index (κ2) is 7.59. The Bertz CT molecular complexity index is 433. The molecule has 3 nitrogen and oxygen atoms in total. The maximum Gasteiger partial charge on any atom is 0.185 e. The fraction of sp³-hybridized carbons (Fsp3) is 0.824. The van der Waals surface area contributed by atoms with Gasteiger partial charge in [0, 0.05) is 24.5 Å². The average Bonchev–Trinajstić information content (AvgIpc) is 2.80. The molecule has 1 saturated carbocycles. The Balaban J connectivity index is 1.94. The highest BCUT2D eigenvalue weighted by Gasteiger charge is 2.24. The van der Waals surface area contributed by atoms with Gasteiger partial charge in [-0.1, -0.05) is 20.8 Å². The minimum absolute atomic E-state index is 0.684. The van der Waals surface area contributed by atoms with E-state index in [0.717, 1.165) is 19.0 Å². The minimum Gasteiger partial charge on any atom is -0.348 e. The van der Waals surface area contributed by atoms with Crippen LogP contribution in [0.1, 0.15) is 57.0 Å². The lowest BCUT2D eigenvalue weighted by molar-refractivity contribution is 0.340. The Labute approximate surface area is 134 Å². The number of anilines is 1. The van der Waals surface area contributed by atoms with E-state index in [0.29, 0.717) is 12.0 Å². The van der Waals surface area contributed by atoms with Gasteiger partial charge >= 0.3 is 0 Å². The van der Waals surface area contributed by atoms with Crippen LogP contribution in [-0.2, 0) is 6.54 Å². The number of nitrogens with zero attached hydrogens (tertiary/aromatic N) is 2. The van der Waals surface area contributed by atoms with Crippen LogP contribution in [0, 0.1) is 18.8 Å². The number of thiazole rings is 1. The van der Waals surface area contributed by atoms with Gasteiger partial charge in [0.15, 0.2) is 5.13 Å². The quantitative estimate of drug-likeness (QED) is 0.853. The van der Waals surface area contributed by atoms with Gasteiger partial charge in [0.05, 0.1) is 5.69 Å². The molecule has 0 spiro atoms. The van der Waals surface area contributed by atoms with Crippen LogP contribution < -0.4 is 10.2 Å². The van der Waals surface area contributed by atoms with E-state index in [2.05, 4.69) is 45.0 Å². The van der Waals surface area contributed by atoms with Gasteiger partial charge in [-0.25, -0.2) is 4.98 Å². The summed E-state index contributed by atoms with van der Waals surface area (Å²) in [6, 6.07) is 0.684. The SMILES string of the molecule is Cc1nc(N(C)C2CCC(C)CC2)sc1CNCC(C)C. The standard InChI is InChI=1S/C17H31N3S/c1-12(2)10-18-11-16-14(4)19-17(21-16)20(5)15-8-6-13(3)7-9-15/h12-13,15,18H,6-11H2,1-5H3. The summed E-state index contributed by atoms with van der Waals surface area (Å²) in [4.78, 5) is 8.62. The van der Waals surface area contributed by atoms with E-state index in [4.69, 9.17) is 4.98 Å². The summed E-state index contributed by atoms with van der Waals surface area (Å²) in [7, 11) is 2.23. The summed E-state index contributed by atoms with van der Waals surface area (Å²) in [5.41, 5.74) is 1.20. The highest BCUT2D eigenvalue weighted by Crippen LogP contribution is 2.32. The summed E-state index contributed by atoms with van der Waals surface area (Å²) >= 11 is 1.87. The Morgan fingerprint density at radius 3 is 2.57 bits per heavy atom. The first-order valence-electron chi connectivity index (χ1n) is 8.37. The van der Waals surface area contributed by atoms with Crippen LogP contribution >= 0.6 is 11.3 Å². The number of nitrogens with one attached hydrogen (secondary N) is 1. The van der Waals surface area contributed by atoms with Crippen LogP contribution in [0.3, 0.4) is 0 Å². The molecule has 0 unspecified atom stereocenters. The maximum absolute atomic E-state index is 4.81. The van der Waals surface area contributed by atoms with Gasteiger partial charge < -0.3 is 10.2 Å². The number of aromatic nitrogens is 1. The van der Waals surface area contributed by atoms with Gasteiger partial charge in [-0.3, -0.25) is 0 Å². The lowest BCUT2D eigenvalue weighted by atomic mass is 9.87. The van der Waals surface area contributed by atoms with Crippen molar-refractivity contribution in [1.82, 2.24) is 10.3 Å². The Hall–Kier alpha value is -0.610. The summed E-state index contributed by atoms with van der Waals surface area (Å²) in [6.45, 7) is 11.0. The molecule has 4 heteroatoms. The van der Waals surface area contributed by atoms with Crippen molar-refractivity contribution in [3.05, 3.63) is 10.6 Å². The van der Waals surface area contributed by atoms with E-state index >= 15 is 0 Å². The number of hydrogen-bond donors (Lipinski definition) is 1. The third-order valence-electron chi connectivity index (χ3n) is 4.55. The minimum atomic E-state index is 0.684. The molecule has 1 aliphatic rings. The molecule has 120 valence electrons. The first kappa shape index (κ1) is 16.8. The molecule has 1 heterocycles. The van der Waals surface area contributed by atoms with Crippen LogP contribution in [0.4, 0.5) is 5.13 Å². The second-order valence-corrected chi connectivity index (χ2v) is 8.12. The van der Waals surface area contributed by atoms with Crippen molar-refractivity contribution >= 4 is 16.5 Å². The van der Waals surface area contributed by atoms with Crippen molar-refractivity contribution < 1.29 is 0 Å². The molecule has 0 radical (unpaired) electrons. The molecule has 0 aromatic carbocycles. The number of hydrogen-bond acceptors (Lipinski definition) is 4. The molecule has 1 aromatic heterocycles. The summed E-state index contributed by atoms with van der Waals surface area (Å²) in [6.07, 6.45) is 5.36. The normalized spacial score (nSPS) is 22.8. The molecular weight excluding hydrogens is 278 g/mol. The van der Waals surface area contributed by atoms with Crippen LogP contribution in [0.2, 0.25) is 0 Å². The van der Waals surface area contributed by atoms with E-state index in [-0.39, 0.29) is 0 Å². The number of aryl methyl sites for hydroxylation is 1. The van der Waals surface area contributed by atoms with Crippen LogP contribution in [-0.4, -0.2) is 24.6 Å². The zero-order valence-electron chi connectivity index (χ0n) is 14.3. The monoisotopic (exact) mass is 309 g/mol. The van der Waals surface area contributed by atoms with E-state index in [1.54, 1.807) is 0 Å². The van der Waals surface area contributed by atoms with E-state index in [1.807, 2.05) is 11.3 Å². The van der Waals surface area contributed by atoms with Crippen LogP contribution in [0.5, 0.6) is 0 Å². The molecule has 0 aliphatic heterocycles. The zero-order valence-corrected chi connectivity index (χ0v) is 15.1. The average molecular weight is 310 g/mol. The highest BCUT2D eigenvalue weighted by atomic mass is 32.1. The van der Waals surface area contributed by atoms with E-state index in [9.17, 15) is 0 Å². The molecule has 1 fully saturated rings. The molecule has 0 amide bonds. The fourth-order valence-corrected chi connectivity index (χ4v) is 4.05. The van der Waals surface area contributed by atoms with Gasteiger partial charge in [0.25, 0.3) is 0 Å². The lowest BCUT2D eigenvalue weighted by Gasteiger charge is -2.33.